The lowest BCUT2D eigenvalue weighted by Crippen LogP contribution is -2.26. The van der Waals surface area contributed by atoms with Crippen molar-refractivity contribution in [1.29, 1.82) is 0 Å². The van der Waals surface area contributed by atoms with Gasteiger partial charge < -0.3 is 14.8 Å². The number of benzene rings is 2. The number of methoxy groups -OCH3 is 2. The van der Waals surface area contributed by atoms with Gasteiger partial charge in [-0.3, -0.25) is 4.79 Å². The molecule has 2 rings (SSSR count). The summed E-state index contributed by atoms with van der Waals surface area (Å²) in [6, 6.07) is 8.70. The van der Waals surface area contributed by atoms with E-state index in [1.807, 2.05) is 0 Å². The molecule has 0 unspecified atom stereocenters. The molecule has 6 heteroatoms. The Balaban J connectivity index is 2.04. The highest BCUT2D eigenvalue weighted by Crippen LogP contribution is 2.27. The van der Waals surface area contributed by atoms with Gasteiger partial charge in [-0.05, 0) is 36.2 Å². The molecule has 1 amide bonds. The number of nitrogens with one attached hydrogen (secondary N) is 1. The van der Waals surface area contributed by atoms with Crippen LogP contribution in [0.15, 0.2) is 36.4 Å². The molecule has 0 radical (unpaired) electrons. The highest BCUT2D eigenvalue weighted by molar-refractivity contribution is 5.99. The van der Waals surface area contributed by atoms with Crippen molar-refractivity contribution in [2.24, 2.45) is 0 Å². The molecule has 0 bridgehead atoms. The Bertz CT molecular complexity index is 682. The molecule has 1 N–H and O–H groups in total. The number of carbonyl (C=O) groups is 1. The smallest absolute Gasteiger partial charge is 0.258 e. The molecule has 122 valence electrons. The van der Waals surface area contributed by atoms with E-state index in [0.717, 1.165) is 12.1 Å². The van der Waals surface area contributed by atoms with Gasteiger partial charge in [-0.1, -0.05) is 12.1 Å². The molecule has 0 aliphatic heterocycles. The highest BCUT2D eigenvalue weighted by Gasteiger charge is 2.17. The maximum Gasteiger partial charge on any atom is 0.258 e. The normalized spacial score (nSPS) is 10.3. The van der Waals surface area contributed by atoms with Gasteiger partial charge in [0.25, 0.3) is 5.91 Å². The zero-order chi connectivity index (χ0) is 16.8. The van der Waals surface area contributed by atoms with Crippen LogP contribution in [0.25, 0.3) is 0 Å². The standard InChI is InChI=1S/C17H17F2NO3/c1-22-14-4-3-5-15(23-2)16(14)17(21)20-9-8-11-6-7-12(18)13(19)10-11/h3-7,10H,8-9H2,1-2H3,(H,20,21). The molecule has 0 saturated carbocycles. The number of hydrogen-bond acceptors (Lipinski definition) is 3. The lowest BCUT2D eigenvalue weighted by molar-refractivity contribution is 0.0948. The Morgan fingerprint density at radius 1 is 1.04 bits per heavy atom. The fourth-order valence-electron chi connectivity index (χ4n) is 2.18. The third kappa shape index (κ3) is 3.97. The quantitative estimate of drug-likeness (QED) is 0.890. The minimum atomic E-state index is -0.903. The molecule has 23 heavy (non-hydrogen) atoms. The van der Waals surface area contributed by atoms with Crippen LogP contribution in [0.2, 0.25) is 0 Å². The van der Waals surface area contributed by atoms with Gasteiger partial charge in [0.1, 0.15) is 17.1 Å². The van der Waals surface area contributed by atoms with Crippen molar-refractivity contribution in [2.45, 2.75) is 6.42 Å². The van der Waals surface area contributed by atoms with Crippen LogP contribution in [0.3, 0.4) is 0 Å². The zero-order valence-corrected chi connectivity index (χ0v) is 12.9. The Morgan fingerprint density at radius 2 is 1.70 bits per heavy atom. The topological polar surface area (TPSA) is 47.6 Å². The van der Waals surface area contributed by atoms with Gasteiger partial charge in [0, 0.05) is 6.54 Å². The van der Waals surface area contributed by atoms with E-state index in [9.17, 15) is 13.6 Å². The van der Waals surface area contributed by atoms with Crippen LogP contribution in [-0.4, -0.2) is 26.7 Å². The van der Waals surface area contributed by atoms with E-state index in [1.54, 1.807) is 18.2 Å². The summed E-state index contributed by atoms with van der Waals surface area (Å²) in [6.45, 7) is 0.269. The number of rotatable bonds is 6. The zero-order valence-electron chi connectivity index (χ0n) is 12.9. The molecule has 0 saturated heterocycles. The summed E-state index contributed by atoms with van der Waals surface area (Å²) >= 11 is 0. The molecule has 0 spiro atoms. The van der Waals surface area contributed by atoms with E-state index in [-0.39, 0.29) is 12.5 Å². The first-order valence-electron chi connectivity index (χ1n) is 7.00. The summed E-state index contributed by atoms with van der Waals surface area (Å²) in [5.74, 6) is -1.36. The van der Waals surface area contributed by atoms with E-state index < -0.39 is 11.6 Å². The van der Waals surface area contributed by atoms with Crippen molar-refractivity contribution < 1.29 is 23.0 Å². The number of halogens is 2. The van der Waals surface area contributed by atoms with E-state index in [2.05, 4.69) is 5.32 Å². The predicted octanol–water partition coefficient (Wildman–Crippen LogP) is 2.95. The summed E-state index contributed by atoms with van der Waals surface area (Å²) in [6.07, 6.45) is 0.375. The minimum Gasteiger partial charge on any atom is -0.496 e. The highest BCUT2D eigenvalue weighted by atomic mass is 19.2. The van der Waals surface area contributed by atoms with Crippen molar-refractivity contribution in [2.75, 3.05) is 20.8 Å². The SMILES string of the molecule is COc1cccc(OC)c1C(=O)NCCc1ccc(F)c(F)c1. The number of carbonyl (C=O) groups excluding carboxylic acids is 1. The van der Waals surface area contributed by atoms with Crippen molar-refractivity contribution in [3.8, 4) is 11.5 Å². The Labute approximate surface area is 133 Å². The fraction of sp³-hybridized carbons (Fsp3) is 0.235. The molecule has 2 aromatic rings. The van der Waals surface area contributed by atoms with Crippen LogP contribution in [0.1, 0.15) is 15.9 Å². The fourth-order valence-corrected chi connectivity index (χ4v) is 2.18. The third-order valence-corrected chi connectivity index (χ3v) is 3.34. The van der Waals surface area contributed by atoms with Crippen molar-refractivity contribution >= 4 is 5.91 Å². The number of amides is 1. The van der Waals surface area contributed by atoms with Crippen molar-refractivity contribution in [1.82, 2.24) is 5.32 Å². The van der Waals surface area contributed by atoms with Gasteiger partial charge in [0.15, 0.2) is 11.6 Å². The van der Waals surface area contributed by atoms with Crippen LogP contribution in [0, 0.1) is 11.6 Å². The first kappa shape index (κ1) is 16.7. The van der Waals surface area contributed by atoms with Gasteiger partial charge in [0.2, 0.25) is 0 Å². The van der Waals surface area contributed by atoms with Crippen molar-refractivity contribution in [3.63, 3.8) is 0 Å². The Hall–Kier alpha value is -2.63. The van der Waals surface area contributed by atoms with Gasteiger partial charge in [-0.15, -0.1) is 0 Å². The van der Waals surface area contributed by atoms with Gasteiger partial charge >= 0.3 is 0 Å². The molecule has 0 aliphatic rings. The lowest BCUT2D eigenvalue weighted by atomic mass is 10.1. The van der Waals surface area contributed by atoms with Crippen LogP contribution >= 0.6 is 0 Å². The second-order valence-corrected chi connectivity index (χ2v) is 4.79. The summed E-state index contributed by atoms with van der Waals surface area (Å²) in [5.41, 5.74) is 0.888. The summed E-state index contributed by atoms with van der Waals surface area (Å²) in [5, 5.41) is 2.72. The van der Waals surface area contributed by atoms with E-state index in [1.165, 1.54) is 20.3 Å². The summed E-state index contributed by atoms with van der Waals surface area (Å²) < 4.78 is 36.3. The Morgan fingerprint density at radius 3 is 2.26 bits per heavy atom. The minimum absolute atomic E-state index is 0.269. The molecule has 0 heterocycles. The van der Waals surface area contributed by atoms with Gasteiger partial charge in [0.05, 0.1) is 14.2 Å². The first-order chi connectivity index (χ1) is 11.1. The van der Waals surface area contributed by atoms with Crippen LogP contribution in [0.4, 0.5) is 8.78 Å². The van der Waals surface area contributed by atoms with Gasteiger partial charge in [-0.25, -0.2) is 8.78 Å². The summed E-state index contributed by atoms with van der Waals surface area (Å²) in [4.78, 5) is 12.3. The average molecular weight is 321 g/mol. The first-order valence-corrected chi connectivity index (χ1v) is 7.00. The van der Waals surface area contributed by atoms with Crippen molar-refractivity contribution in [3.05, 3.63) is 59.2 Å². The molecular formula is C17H17F2NO3. The summed E-state index contributed by atoms with van der Waals surface area (Å²) in [7, 11) is 2.93. The van der Waals surface area contributed by atoms with Crippen LogP contribution in [-0.2, 0) is 6.42 Å². The molecule has 0 aromatic heterocycles. The molecule has 0 fully saturated rings. The molecule has 2 aromatic carbocycles. The molecular weight excluding hydrogens is 304 g/mol. The Kier molecular flexibility index (Phi) is 5.51. The third-order valence-electron chi connectivity index (χ3n) is 3.34. The second-order valence-electron chi connectivity index (χ2n) is 4.79. The predicted molar refractivity (Wildman–Crippen MR) is 81.9 cm³/mol. The van der Waals surface area contributed by atoms with Crippen LogP contribution < -0.4 is 14.8 Å². The molecule has 0 aliphatic carbocycles. The monoisotopic (exact) mass is 321 g/mol. The molecule has 0 atom stereocenters. The average Bonchev–Trinajstić information content (AvgIpc) is 2.57. The number of hydrogen-bond donors (Lipinski definition) is 1. The lowest BCUT2D eigenvalue weighted by Gasteiger charge is -2.13. The van der Waals surface area contributed by atoms with Crippen LogP contribution in [0.5, 0.6) is 11.5 Å². The maximum atomic E-state index is 13.1. The van der Waals surface area contributed by atoms with E-state index in [4.69, 9.17) is 9.47 Å². The van der Waals surface area contributed by atoms with Gasteiger partial charge in [-0.2, -0.15) is 0 Å². The maximum absolute atomic E-state index is 13.1. The molecule has 4 nitrogen and oxygen atoms in total. The number of ether oxygens (including phenoxy) is 2. The van der Waals surface area contributed by atoms with E-state index >= 15 is 0 Å². The van der Waals surface area contributed by atoms with E-state index in [0.29, 0.717) is 29.0 Å². The second kappa shape index (κ2) is 7.58. The largest absolute Gasteiger partial charge is 0.496 e.